The smallest absolute Gasteiger partial charge is 0.252 e. The van der Waals surface area contributed by atoms with E-state index in [-0.39, 0.29) is 11.5 Å². The summed E-state index contributed by atoms with van der Waals surface area (Å²) >= 11 is 0. The molecule has 1 heterocycles. The molecule has 0 aliphatic heterocycles. The summed E-state index contributed by atoms with van der Waals surface area (Å²) < 4.78 is 12.9. The van der Waals surface area contributed by atoms with Crippen LogP contribution in [0.25, 0.3) is 10.9 Å². The Bertz CT molecular complexity index is 1140. The minimum absolute atomic E-state index is 0.221. The van der Waals surface area contributed by atoms with E-state index < -0.39 is 0 Å². The van der Waals surface area contributed by atoms with E-state index in [1.165, 1.54) is 10.6 Å². The van der Waals surface area contributed by atoms with Crippen molar-refractivity contribution >= 4 is 16.8 Å². The van der Waals surface area contributed by atoms with Crippen molar-refractivity contribution in [3.05, 3.63) is 70.0 Å². The number of carbonyl (C=O) groups is 1. The van der Waals surface area contributed by atoms with Crippen molar-refractivity contribution in [3.63, 3.8) is 0 Å². The Labute approximate surface area is 188 Å². The summed E-state index contributed by atoms with van der Waals surface area (Å²) in [5.74, 6) is 1.00. The number of benzene rings is 2. The van der Waals surface area contributed by atoms with E-state index in [1.807, 2.05) is 42.5 Å². The van der Waals surface area contributed by atoms with Gasteiger partial charge in [0.05, 0.1) is 18.2 Å². The van der Waals surface area contributed by atoms with Crippen LogP contribution in [0.5, 0.6) is 11.5 Å². The van der Waals surface area contributed by atoms with Gasteiger partial charge in [-0.1, -0.05) is 38.1 Å². The first-order chi connectivity index (χ1) is 15.5. The van der Waals surface area contributed by atoms with E-state index in [0.717, 1.165) is 36.1 Å². The molecular formula is C25H31N3O4. The van der Waals surface area contributed by atoms with Crippen LogP contribution in [0.2, 0.25) is 0 Å². The standard InChI is InChI=1S/C25H31N3O4/c1-5-28(6-2)13-14-32-22-12-11-18(15-23(22)31-4)17-26-25(30)20-16-24(29)27(3)21-10-8-7-9-19(20)21/h7-12,15-16H,5-6,13-14,17H2,1-4H3,(H,26,30). The lowest BCUT2D eigenvalue weighted by Crippen LogP contribution is -2.28. The highest BCUT2D eigenvalue weighted by Gasteiger charge is 2.14. The van der Waals surface area contributed by atoms with Gasteiger partial charge in [-0.2, -0.15) is 0 Å². The number of likely N-dealkylation sites (N-methyl/N-ethyl adjacent to an activating group) is 1. The van der Waals surface area contributed by atoms with Crippen LogP contribution in [-0.2, 0) is 13.6 Å². The average molecular weight is 438 g/mol. The lowest BCUT2D eigenvalue weighted by Gasteiger charge is -2.19. The number of nitrogens with one attached hydrogen (secondary N) is 1. The van der Waals surface area contributed by atoms with E-state index in [4.69, 9.17) is 9.47 Å². The van der Waals surface area contributed by atoms with Crippen LogP contribution in [0.3, 0.4) is 0 Å². The van der Waals surface area contributed by atoms with Crippen molar-refractivity contribution in [2.75, 3.05) is 33.4 Å². The fraction of sp³-hybridized carbons (Fsp3) is 0.360. The second-order valence-corrected chi connectivity index (χ2v) is 7.52. The number of fused-ring (bicyclic) bond motifs is 1. The van der Waals surface area contributed by atoms with Crippen LogP contribution in [-0.4, -0.2) is 48.7 Å². The molecule has 0 aliphatic rings. The van der Waals surface area contributed by atoms with Crippen LogP contribution in [0, 0.1) is 0 Å². The van der Waals surface area contributed by atoms with Crippen LogP contribution >= 0.6 is 0 Å². The Balaban J connectivity index is 1.70. The molecule has 0 atom stereocenters. The second-order valence-electron chi connectivity index (χ2n) is 7.52. The number of ether oxygens (including phenoxy) is 2. The van der Waals surface area contributed by atoms with Gasteiger partial charge in [-0.3, -0.25) is 9.59 Å². The predicted molar refractivity (Wildman–Crippen MR) is 127 cm³/mol. The van der Waals surface area contributed by atoms with Gasteiger partial charge in [-0.15, -0.1) is 0 Å². The van der Waals surface area contributed by atoms with Gasteiger partial charge in [0.15, 0.2) is 11.5 Å². The molecule has 1 amide bonds. The Morgan fingerprint density at radius 1 is 1.06 bits per heavy atom. The molecule has 7 heteroatoms. The minimum Gasteiger partial charge on any atom is -0.493 e. The molecule has 1 aromatic heterocycles. The monoisotopic (exact) mass is 437 g/mol. The van der Waals surface area contributed by atoms with E-state index in [0.29, 0.717) is 30.2 Å². The summed E-state index contributed by atoms with van der Waals surface area (Å²) in [5, 5.41) is 3.65. The summed E-state index contributed by atoms with van der Waals surface area (Å²) in [5.41, 5.74) is 1.74. The molecule has 2 aromatic carbocycles. The van der Waals surface area contributed by atoms with Gasteiger partial charge in [0.2, 0.25) is 0 Å². The van der Waals surface area contributed by atoms with Gasteiger partial charge in [0, 0.05) is 31.6 Å². The number of hydrogen-bond donors (Lipinski definition) is 1. The number of hydrogen-bond acceptors (Lipinski definition) is 5. The van der Waals surface area contributed by atoms with Crippen LogP contribution in [0.15, 0.2) is 53.3 Å². The average Bonchev–Trinajstić information content (AvgIpc) is 2.83. The number of aromatic nitrogens is 1. The molecule has 0 fully saturated rings. The fourth-order valence-electron chi connectivity index (χ4n) is 3.64. The first-order valence-corrected chi connectivity index (χ1v) is 10.9. The SMILES string of the molecule is CCN(CC)CCOc1ccc(CNC(=O)c2cc(=O)n(C)c3ccccc23)cc1OC. The highest BCUT2D eigenvalue weighted by molar-refractivity contribution is 6.06. The summed E-state index contributed by atoms with van der Waals surface area (Å²) in [7, 11) is 3.30. The highest BCUT2D eigenvalue weighted by Crippen LogP contribution is 2.28. The van der Waals surface area contributed by atoms with Gasteiger partial charge >= 0.3 is 0 Å². The number of carbonyl (C=O) groups excluding carboxylic acids is 1. The van der Waals surface area contributed by atoms with Crippen LogP contribution < -0.4 is 20.3 Å². The van der Waals surface area contributed by atoms with Crippen molar-refractivity contribution in [2.24, 2.45) is 7.05 Å². The number of nitrogens with zero attached hydrogens (tertiary/aromatic N) is 2. The van der Waals surface area contributed by atoms with Gasteiger partial charge in [0.1, 0.15) is 6.61 Å². The Kier molecular flexibility index (Phi) is 7.89. The third-order valence-corrected chi connectivity index (χ3v) is 5.64. The first-order valence-electron chi connectivity index (χ1n) is 10.9. The molecule has 0 unspecified atom stereocenters. The third-order valence-electron chi connectivity index (χ3n) is 5.64. The number of aryl methyl sites for hydroxylation is 1. The predicted octanol–water partition coefficient (Wildman–Crippen LogP) is 3.20. The normalized spacial score (nSPS) is 11.0. The molecule has 7 nitrogen and oxygen atoms in total. The fourth-order valence-corrected chi connectivity index (χ4v) is 3.64. The maximum absolute atomic E-state index is 12.9. The molecule has 1 N–H and O–H groups in total. The maximum atomic E-state index is 12.9. The lowest BCUT2D eigenvalue weighted by atomic mass is 10.1. The molecule has 0 aliphatic carbocycles. The lowest BCUT2D eigenvalue weighted by molar-refractivity contribution is 0.0952. The summed E-state index contributed by atoms with van der Waals surface area (Å²) in [4.78, 5) is 27.4. The number of amides is 1. The van der Waals surface area contributed by atoms with E-state index >= 15 is 0 Å². The number of rotatable bonds is 10. The van der Waals surface area contributed by atoms with Crippen molar-refractivity contribution in [1.29, 1.82) is 0 Å². The number of para-hydroxylation sites is 1. The van der Waals surface area contributed by atoms with Crippen molar-refractivity contribution < 1.29 is 14.3 Å². The zero-order chi connectivity index (χ0) is 23.1. The molecule has 3 rings (SSSR count). The molecule has 170 valence electrons. The Morgan fingerprint density at radius 2 is 1.81 bits per heavy atom. The molecule has 0 saturated carbocycles. The van der Waals surface area contributed by atoms with Gasteiger partial charge in [0.25, 0.3) is 11.5 Å². The second kappa shape index (κ2) is 10.8. The Hall–Kier alpha value is -3.32. The largest absolute Gasteiger partial charge is 0.493 e. The quantitative estimate of drug-likeness (QED) is 0.527. The Morgan fingerprint density at radius 3 is 2.53 bits per heavy atom. The van der Waals surface area contributed by atoms with E-state index in [9.17, 15) is 9.59 Å². The number of methoxy groups -OCH3 is 1. The molecule has 0 spiro atoms. The zero-order valence-electron chi connectivity index (χ0n) is 19.2. The van der Waals surface area contributed by atoms with Crippen molar-refractivity contribution in [1.82, 2.24) is 14.8 Å². The highest BCUT2D eigenvalue weighted by atomic mass is 16.5. The molecule has 0 radical (unpaired) electrons. The van der Waals surface area contributed by atoms with Gasteiger partial charge < -0.3 is 24.3 Å². The molecular weight excluding hydrogens is 406 g/mol. The van der Waals surface area contributed by atoms with Crippen LogP contribution in [0.1, 0.15) is 29.8 Å². The molecule has 0 saturated heterocycles. The van der Waals surface area contributed by atoms with Gasteiger partial charge in [-0.25, -0.2) is 0 Å². The topological polar surface area (TPSA) is 72.8 Å². The first kappa shape index (κ1) is 23.3. The minimum atomic E-state index is -0.294. The maximum Gasteiger partial charge on any atom is 0.252 e. The third kappa shape index (κ3) is 5.29. The van der Waals surface area contributed by atoms with E-state index in [2.05, 4.69) is 24.1 Å². The van der Waals surface area contributed by atoms with Crippen molar-refractivity contribution in [3.8, 4) is 11.5 Å². The zero-order valence-corrected chi connectivity index (χ0v) is 19.2. The van der Waals surface area contributed by atoms with Gasteiger partial charge in [-0.05, 0) is 36.9 Å². The molecule has 32 heavy (non-hydrogen) atoms. The molecule has 3 aromatic rings. The molecule has 0 bridgehead atoms. The van der Waals surface area contributed by atoms with Crippen molar-refractivity contribution in [2.45, 2.75) is 20.4 Å². The summed E-state index contributed by atoms with van der Waals surface area (Å²) in [6.45, 7) is 7.95. The summed E-state index contributed by atoms with van der Waals surface area (Å²) in [6, 6.07) is 14.4. The van der Waals surface area contributed by atoms with Crippen LogP contribution in [0.4, 0.5) is 0 Å². The summed E-state index contributed by atoms with van der Waals surface area (Å²) in [6.07, 6.45) is 0. The van der Waals surface area contributed by atoms with E-state index in [1.54, 1.807) is 14.2 Å². The number of pyridine rings is 1.